The van der Waals surface area contributed by atoms with Crippen molar-refractivity contribution in [3.63, 3.8) is 0 Å². The van der Waals surface area contributed by atoms with Gasteiger partial charge in [-0.25, -0.2) is 9.59 Å². The Balaban J connectivity index is 2.23. The minimum atomic E-state index is -0.998. The first-order chi connectivity index (χ1) is 8.54. The smallest absolute Gasteiger partial charge is 0.328 e. The summed E-state index contributed by atoms with van der Waals surface area (Å²) in [6.07, 6.45) is 0. The summed E-state index contributed by atoms with van der Waals surface area (Å²) in [7, 11) is 3.05. The maximum atomic E-state index is 11.9. The van der Waals surface area contributed by atoms with E-state index in [0.717, 1.165) is 0 Å². The number of urea groups is 1. The quantitative estimate of drug-likeness (QED) is 0.869. The summed E-state index contributed by atoms with van der Waals surface area (Å²) < 4.78 is 5.03. The summed E-state index contributed by atoms with van der Waals surface area (Å²) in [6, 6.07) is 5.81. The van der Waals surface area contributed by atoms with Crippen molar-refractivity contribution in [1.82, 2.24) is 4.90 Å². The van der Waals surface area contributed by atoms with E-state index >= 15 is 0 Å². The van der Waals surface area contributed by atoms with Crippen molar-refractivity contribution in [3.05, 3.63) is 24.3 Å². The van der Waals surface area contributed by atoms with E-state index in [1.54, 1.807) is 31.4 Å². The summed E-state index contributed by atoms with van der Waals surface area (Å²) in [6.45, 7) is 0.150. The predicted molar refractivity (Wildman–Crippen MR) is 64.9 cm³/mol. The van der Waals surface area contributed by atoms with Crippen molar-refractivity contribution in [1.29, 1.82) is 0 Å². The molecule has 0 radical (unpaired) electrons. The number of anilines is 1. The number of hydrogen-bond donors (Lipinski definition) is 1. The number of carboxylic acid groups (broad SMARTS) is 1. The fraction of sp³-hybridized carbons (Fsp3) is 0.333. The lowest BCUT2D eigenvalue weighted by atomic mass is 10.2. The highest BCUT2D eigenvalue weighted by molar-refractivity contribution is 5.98. The molecular weight excluding hydrogens is 236 g/mol. The van der Waals surface area contributed by atoms with E-state index in [1.807, 2.05) is 0 Å². The highest BCUT2D eigenvalue weighted by atomic mass is 16.5. The average molecular weight is 250 g/mol. The Hall–Kier alpha value is -2.24. The van der Waals surface area contributed by atoms with Crippen LogP contribution in [0.5, 0.6) is 5.75 Å². The monoisotopic (exact) mass is 250 g/mol. The van der Waals surface area contributed by atoms with Gasteiger partial charge in [0.2, 0.25) is 0 Å². The second-order valence-electron chi connectivity index (χ2n) is 4.06. The molecule has 1 saturated heterocycles. The zero-order valence-electron chi connectivity index (χ0n) is 10.2. The van der Waals surface area contributed by atoms with Crippen LogP contribution in [0.3, 0.4) is 0 Å². The summed E-state index contributed by atoms with van der Waals surface area (Å²) in [5, 5.41) is 9.01. The third kappa shape index (κ3) is 1.97. The van der Waals surface area contributed by atoms with Gasteiger partial charge < -0.3 is 14.7 Å². The number of ether oxygens (including phenoxy) is 1. The number of carbonyl (C=O) groups excluding carboxylic acids is 1. The van der Waals surface area contributed by atoms with Gasteiger partial charge in [0.15, 0.2) is 0 Å². The molecule has 0 spiro atoms. The van der Waals surface area contributed by atoms with E-state index in [-0.39, 0.29) is 12.6 Å². The Morgan fingerprint density at radius 1 is 1.39 bits per heavy atom. The third-order valence-corrected chi connectivity index (χ3v) is 3.02. The van der Waals surface area contributed by atoms with Crippen molar-refractivity contribution in [2.75, 3.05) is 25.6 Å². The number of nitrogens with zero attached hydrogens (tertiary/aromatic N) is 2. The molecule has 1 unspecified atom stereocenters. The maximum Gasteiger partial charge on any atom is 0.328 e. The van der Waals surface area contributed by atoms with Gasteiger partial charge in [0, 0.05) is 12.7 Å². The summed E-state index contributed by atoms with van der Waals surface area (Å²) in [5.74, 6) is -0.310. The van der Waals surface area contributed by atoms with Crippen molar-refractivity contribution >= 4 is 17.7 Å². The first kappa shape index (κ1) is 12.2. The minimum Gasteiger partial charge on any atom is -0.497 e. The molecular formula is C12H14N2O4. The van der Waals surface area contributed by atoms with E-state index in [9.17, 15) is 9.59 Å². The maximum absolute atomic E-state index is 11.9. The number of methoxy groups -OCH3 is 1. The molecule has 1 fully saturated rings. The first-order valence-electron chi connectivity index (χ1n) is 5.45. The first-order valence-corrected chi connectivity index (χ1v) is 5.45. The molecule has 0 saturated carbocycles. The van der Waals surface area contributed by atoms with Crippen LogP contribution in [-0.2, 0) is 4.79 Å². The van der Waals surface area contributed by atoms with Gasteiger partial charge in [-0.3, -0.25) is 4.90 Å². The lowest BCUT2D eigenvalue weighted by Crippen LogP contribution is -2.36. The van der Waals surface area contributed by atoms with Gasteiger partial charge in [0.1, 0.15) is 11.8 Å². The van der Waals surface area contributed by atoms with Gasteiger partial charge in [-0.1, -0.05) is 0 Å². The van der Waals surface area contributed by atoms with Crippen LogP contribution in [0.2, 0.25) is 0 Å². The zero-order valence-corrected chi connectivity index (χ0v) is 10.2. The third-order valence-electron chi connectivity index (χ3n) is 3.02. The molecule has 0 aliphatic carbocycles. The molecule has 6 nitrogen and oxygen atoms in total. The number of likely N-dealkylation sites (N-methyl/N-ethyl adjacent to an activating group) is 1. The molecule has 0 bridgehead atoms. The molecule has 1 aliphatic heterocycles. The van der Waals surface area contributed by atoms with Gasteiger partial charge in [0.25, 0.3) is 0 Å². The van der Waals surface area contributed by atoms with Crippen LogP contribution in [0.4, 0.5) is 10.5 Å². The number of hydrogen-bond acceptors (Lipinski definition) is 3. The van der Waals surface area contributed by atoms with Gasteiger partial charge in [-0.15, -0.1) is 0 Å². The van der Waals surface area contributed by atoms with Gasteiger partial charge in [0.05, 0.1) is 13.7 Å². The summed E-state index contributed by atoms with van der Waals surface area (Å²) >= 11 is 0. The van der Waals surface area contributed by atoms with Crippen LogP contribution in [0.1, 0.15) is 0 Å². The van der Waals surface area contributed by atoms with E-state index < -0.39 is 12.0 Å². The lowest BCUT2D eigenvalue weighted by molar-refractivity contribution is -0.140. The second kappa shape index (κ2) is 4.56. The molecule has 1 aliphatic rings. The molecule has 2 rings (SSSR count). The van der Waals surface area contributed by atoms with E-state index in [2.05, 4.69) is 0 Å². The van der Waals surface area contributed by atoms with Crippen LogP contribution in [0.15, 0.2) is 24.3 Å². The van der Waals surface area contributed by atoms with E-state index in [0.29, 0.717) is 11.4 Å². The van der Waals surface area contributed by atoms with Gasteiger partial charge >= 0.3 is 12.0 Å². The predicted octanol–water partition coefficient (Wildman–Crippen LogP) is 1.02. The van der Waals surface area contributed by atoms with Gasteiger partial charge in [-0.2, -0.15) is 0 Å². The zero-order chi connectivity index (χ0) is 13.3. The Bertz CT molecular complexity index is 471. The van der Waals surface area contributed by atoms with Gasteiger partial charge in [-0.05, 0) is 24.3 Å². The van der Waals surface area contributed by atoms with Crippen molar-refractivity contribution in [2.24, 2.45) is 0 Å². The molecule has 18 heavy (non-hydrogen) atoms. The normalized spacial score (nSPS) is 19.2. The minimum absolute atomic E-state index is 0.150. The summed E-state index contributed by atoms with van der Waals surface area (Å²) in [5.41, 5.74) is 0.663. The fourth-order valence-corrected chi connectivity index (χ4v) is 1.92. The Labute approximate surface area is 104 Å². The Morgan fingerprint density at radius 3 is 2.44 bits per heavy atom. The topological polar surface area (TPSA) is 70.1 Å². The number of aliphatic carboxylic acids is 1. The Morgan fingerprint density at radius 2 is 2.00 bits per heavy atom. The van der Waals surface area contributed by atoms with Crippen molar-refractivity contribution in [2.45, 2.75) is 6.04 Å². The van der Waals surface area contributed by atoms with Crippen LogP contribution < -0.4 is 9.64 Å². The van der Waals surface area contributed by atoms with Crippen LogP contribution >= 0.6 is 0 Å². The molecule has 0 aromatic heterocycles. The van der Waals surface area contributed by atoms with E-state index in [4.69, 9.17) is 9.84 Å². The molecule has 1 atom stereocenters. The molecule has 1 heterocycles. The van der Waals surface area contributed by atoms with E-state index in [1.165, 1.54) is 16.8 Å². The van der Waals surface area contributed by atoms with Crippen molar-refractivity contribution in [3.8, 4) is 5.75 Å². The highest BCUT2D eigenvalue weighted by Crippen LogP contribution is 2.25. The number of amides is 2. The SMILES string of the molecule is COc1ccc(N2CC(C(=O)O)N(C)C2=O)cc1. The number of benzene rings is 1. The molecule has 1 N–H and O–H groups in total. The lowest BCUT2D eigenvalue weighted by Gasteiger charge is -2.15. The molecule has 1 aromatic rings. The molecule has 6 heteroatoms. The number of rotatable bonds is 3. The fourth-order valence-electron chi connectivity index (χ4n) is 1.92. The number of carbonyl (C=O) groups is 2. The Kier molecular flexibility index (Phi) is 3.10. The molecule has 2 amide bonds. The largest absolute Gasteiger partial charge is 0.497 e. The highest BCUT2D eigenvalue weighted by Gasteiger charge is 2.39. The average Bonchev–Trinajstić information content (AvgIpc) is 2.67. The van der Waals surface area contributed by atoms with Crippen LogP contribution in [0.25, 0.3) is 0 Å². The number of carboxylic acids is 1. The van der Waals surface area contributed by atoms with Crippen LogP contribution in [-0.4, -0.2) is 48.8 Å². The standard InChI is InChI=1S/C12H14N2O4/c1-13-10(11(15)16)7-14(12(13)17)8-3-5-9(18-2)6-4-8/h3-6,10H,7H2,1-2H3,(H,15,16). The summed E-state index contributed by atoms with van der Waals surface area (Å²) in [4.78, 5) is 25.6. The second-order valence-corrected chi connectivity index (χ2v) is 4.06. The molecule has 1 aromatic carbocycles. The molecule has 96 valence electrons. The van der Waals surface area contributed by atoms with Crippen LogP contribution in [0, 0.1) is 0 Å². The van der Waals surface area contributed by atoms with Crippen molar-refractivity contribution < 1.29 is 19.4 Å².